The molecule has 0 saturated carbocycles. The molecule has 7 nitrogen and oxygen atoms in total. The fourth-order valence-electron chi connectivity index (χ4n) is 2.70. The van der Waals surface area contributed by atoms with E-state index in [0.29, 0.717) is 13.0 Å². The summed E-state index contributed by atoms with van der Waals surface area (Å²) in [6, 6.07) is 0. The molecule has 0 radical (unpaired) electrons. The molecule has 0 unspecified atom stereocenters. The van der Waals surface area contributed by atoms with Gasteiger partial charge in [-0.3, -0.25) is 0 Å². The maximum Gasteiger partial charge on any atom is 0.453 e. The van der Waals surface area contributed by atoms with Crippen molar-refractivity contribution in [2.75, 3.05) is 19.3 Å². The van der Waals surface area contributed by atoms with E-state index < -0.39 is 21.8 Å². The van der Waals surface area contributed by atoms with E-state index in [-0.39, 0.29) is 22.3 Å². The average molecular weight is 349 g/mol. The molecule has 11 heteroatoms. The second-order valence-electron chi connectivity index (χ2n) is 5.47. The Bertz CT molecular complexity index is 840. The first-order valence-electron chi connectivity index (χ1n) is 6.91. The lowest BCUT2D eigenvalue weighted by molar-refractivity contribution is -0.144. The fraction of sp³-hybridized carbons (Fsp3) is 0.583. The molecule has 0 aromatic carbocycles. The number of aromatic nitrogens is 4. The number of nitrogens with zero attached hydrogens (tertiary/aromatic N) is 4. The van der Waals surface area contributed by atoms with Crippen LogP contribution in [-0.4, -0.2) is 47.3 Å². The molecule has 0 spiro atoms. The van der Waals surface area contributed by atoms with Crippen molar-refractivity contribution in [2.24, 2.45) is 0 Å². The van der Waals surface area contributed by atoms with Crippen LogP contribution in [-0.2, 0) is 16.0 Å². The number of hydrogen-bond donors (Lipinski definition) is 1. The van der Waals surface area contributed by atoms with Gasteiger partial charge in [0, 0.05) is 18.7 Å². The molecule has 1 N–H and O–H groups in total. The number of sulfone groups is 1. The van der Waals surface area contributed by atoms with Crippen LogP contribution in [0.4, 0.5) is 13.2 Å². The van der Waals surface area contributed by atoms with Crippen molar-refractivity contribution in [3.63, 3.8) is 0 Å². The third-order valence-corrected chi connectivity index (χ3v) is 4.82. The molecule has 3 heterocycles. The van der Waals surface area contributed by atoms with E-state index in [1.165, 1.54) is 0 Å². The van der Waals surface area contributed by atoms with Crippen molar-refractivity contribution < 1.29 is 21.6 Å². The van der Waals surface area contributed by atoms with Gasteiger partial charge in [0.2, 0.25) is 0 Å². The lowest BCUT2D eigenvalue weighted by Gasteiger charge is -2.24. The van der Waals surface area contributed by atoms with E-state index >= 15 is 0 Å². The predicted molar refractivity (Wildman–Crippen MR) is 73.7 cm³/mol. The summed E-state index contributed by atoms with van der Waals surface area (Å²) in [7, 11) is -3.66. The molecule has 1 aliphatic heterocycles. The van der Waals surface area contributed by atoms with E-state index in [1.54, 1.807) is 0 Å². The van der Waals surface area contributed by atoms with Crippen LogP contribution in [0.3, 0.4) is 0 Å². The molecule has 1 atom stereocenters. The van der Waals surface area contributed by atoms with Gasteiger partial charge in [0.15, 0.2) is 9.84 Å². The molecule has 0 amide bonds. The van der Waals surface area contributed by atoms with E-state index in [4.69, 9.17) is 0 Å². The monoisotopic (exact) mass is 349 g/mol. The highest BCUT2D eigenvalue weighted by Gasteiger charge is 2.38. The van der Waals surface area contributed by atoms with Gasteiger partial charge in [-0.15, -0.1) is 5.10 Å². The van der Waals surface area contributed by atoms with E-state index in [2.05, 4.69) is 20.4 Å². The molecular weight excluding hydrogens is 335 g/mol. The van der Waals surface area contributed by atoms with E-state index in [9.17, 15) is 21.6 Å². The number of piperidine rings is 1. The van der Waals surface area contributed by atoms with Crippen LogP contribution in [0.25, 0.3) is 5.78 Å². The highest BCUT2D eigenvalue weighted by atomic mass is 32.2. The van der Waals surface area contributed by atoms with Crippen LogP contribution in [0, 0.1) is 0 Å². The Kier molecular flexibility index (Phi) is 3.79. The first kappa shape index (κ1) is 16.1. The Labute approximate surface area is 129 Å². The molecule has 126 valence electrons. The molecule has 0 aliphatic carbocycles. The number of alkyl halides is 3. The summed E-state index contributed by atoms with van der Waals surface area (Å²) >= 11 is 0. The molecule has 0 bridgehead atoms. The first-order chi connectivity index (χ1) is 10.7. The van der Waals surface area contributed by atoms with Crippen molar-refractivity contribution in [1.82, 2.24) is 24.9 Å². The number of halogens is 3. The van der Waals surface area contributed by atoms with Crippen LogP contribution >= 0.6 is 0 Å². The van der Waals surface area contributed by atoms with Crippen molar-refractivity contribution in [3.05, 3.63) is 17.7 Å². The van der Waals surface area contributed by atoms with Gasteiger partial charge in [-0.05, 0) is 19.4 Å². The van der Waals surface area contributed by atoms with Crippen LogP contribution in [0.1, 0.15) is 30.3 Å². The van der Waals surface area contributed by atoms with Gasteiger partial charge < -0.3 is 5.32 Å². The topological polar surface area (TPSA) is 89.2 Å². The molecule has 3 rings (SSSR count). The standard InChI is InChI=1S/C12H14F3N5O2S/c1-23(21,22)8-6-17-11-18-10(12(13,14)15)19-20(11)9(8)7-3-2-4-16-5-7/h6-7,16H,2-5H2,1H3/t7-/m1/s1. The van der Waals surface area contributed by atoms with Crippen molar-refractivity contribution in [2.45, 2.75) is 29.8 Å². The number of hydrogen-bond acceptors (Lipinski definition) is 6. The highest BCUT2D eigenvalue weighted by Crippen LogP contribution is 2.31. The average Bonchev–Trinajstić information content (AvgIpc) is 2.90. The Balaban J connectivity index is 2.27. The van der Waals surface area contributed by atoms with Gasteiger partial charge in [-0.2, -0.15) is 22.7 Å². The maximum absolute atomic E-state index is 12.8. The van der Waals surface area contributed by atoms with Crippen molar-refractivity contribution in [1.29, 1.82) is 0 Å². The lowest BCUT2D eigenvalue weighted by Crippen LogP contribution is -2.30. The highest BCUT2D eigenvalue weighted by molar-refractivity contribution is 7.90. The van der Waals surface area contributed by atoms with Crippen LogP contribution in [0.15, 0.2) is 11.1 Å². The second kappa shape index (κ2) is 5.41. The number of rotatable bonds is 2. The van der Waals surface area contributed by atoms with E-state index in [0.717, 1.165) is 29.9 Å². The first-order valence-corrected chi connectivity index (χ1v) is 8.80. The minimum atomic E-state index is -4.72. The smallest absolute Gasteiger partial charge is 0.316 e. The van der Waals surface area contributed by atoms with Gasteiger partial charge in [0.05, 0.1) is 11.9 Å². The predicted octanol–water partition coefficient (Wildman–Crippen LogP) is 1.01. The van der Waals surface area contributed by atoms with Gasteiger partial charge in [-0.25, -0.2) is 13.4 Å². The van der Waals surface area contributed by atoms with Gasteiger partial charge in [0.25, 0.3) is 11.6 Å². The van der Waals surface area contributed by atoms with Crippen LogP contribution in [0.2, 0.25) is 0 Å². The normalized spacial score (nSPS) is 20.1. The van der Waals surface area contributed by atoms with Gasteiger partial charge in [-0.1, -0.05) is 0 Å². The summed E-state index contributed by atoms with van der Waals surface area (Å²) in [5.41, 5.74) is 0.202. The molecule has 1 saturated heterocycles. The number of nitrogens with one attached hydrogen (secondary N) is 1. The minimum Gasteiger partial charge on any atom is -0.316 e. The second-order valence-corrected chi connectivity index (χ2v) is 7.45. The van der Waals surface area contributed by atoms with Crippen molar-refractivity contribution in [3.8, 4) is 0 Å². The largest absolute Gasteiger partial charge is 0.453 e. The molecule has 2 aromatic rings. The summed E-state index contributed by atoms with van der Waals surface area (Å²) in [4.78, 5) is 6.98. The maximum atomic E-state index is 12.8. The van der Waals surface area contributed by atoms with Crippen LogP contribution < -0.4 is 5.32 Å². The molecule has 2 aromatic heterocycles. The zero-order chi connectivity index (χ0) is 16.8. The third kappa shape index (κ3) is 3.02. The van der Waals surface area contributed by atoms with Crippen molar-refractivity contribution >= 4 is 15.6 Å². The molecule has 1 aliphatic rings. The fourth-order valence-corrected chi connectivity index (χ4v) is 3.58. The Morgan fingerprint density at radius 1 is 1.39 bits per heavy atom. The molecular formula is C12H14F3N5O2S. The lowest BCUT2D eigenvalue weighted by atomic mass is 9.96. The molecule has 23 heavy (non-hydrogen) atoms. The third-order valence-electron chi connectivity index (χ3n) is 3.70. The summed E-state index contributed by atoms with van der Waals surface area (Å²) in [6.07, 6.45) is -1.23. The Morgan fingerprint density at radius 2 is 2.13 bits per heavy atom. The molecule has 1 fully saturated rings. The van der Waals surface area contributed by atoms with Gasteiger partial charge in [0.1, 0.15) is 4.90 Å². The van der Waals surface area contributed by atoms with Gasteiger partial charge >= 0.3 is 6.18 Å². The Hall–Kier alpha value is -1.75. The SMILES string of the molecule is CS(=O)(=O)c1cnc2nc(C(F)(F)F)nn2c1[C@@H]1CCCNC1. The van der Waals surface area contributed by atoms with E-state index in [1.807, 2.05) is 0 Å². The quantitative estimate of drug-likeness (QED) is 0.871. The van der Waals surface area contributed by atoms with Crippen LogP contribution in [0.5, 0.6) is 0 Å². The summed E-state index contributed by atoms with van der Waals surface area (Å²) in [6.45, 7) is 1.24. The summed E-state index contributed by atoms with van der Waals surface area (Å²) < 4.78 is 63.4. The zero-order valence-electron chi connectivity index (χ0n) is 12.1. The zero-order valence-corrected chi connectivity index (χ0v) is 12.9. The summed E-state index contributed by atoms with van der Waals surface area (Å²) in [5.74, 6) is -1.87. The minimum absolute atomic E-state index is 0.114. The Morgan fingerprint density at radius 3 is 2.70 bits per heavy atom. The number of fused-ring (bicyclic) bond motifs is 1. The summed E-state index contributed by atoms with van der Waals surface area (Å²) in [5, 5.41) is 6.57.